The normalized spacial score (nSPS) is 10.2. The molecular weight excluding hydrogens is 334 g/mol. The summed E-state index contributed by atoms with van der Waals surface area (Å²) in [5.41, 5.74) is 2.40. The first-order valence-electron chi connectivity index (χ1n) is 8.14. The Balaban J connectivity index is 2.24. The van der Waals surface area contributed by atoms with Crippen LogP contribution in [0.3, 0.4) is 0 Å². The summed E-state index contributed by atoms with van der Waals surface area (Å²) in [6, 6.07) is 9.07. The van der Waals surface area contributed by atoms with Crippen molar-refractivity contribution in [3.05, 3.63) is 47.0 Å². The molecule has 0 aliphatic carbocycles. The van der Waals surface area contributed by atoms with E-state index in [1.807, 2.05) is 25.1 Å². The largest absolute Gasteiger partial charge is 0.496 e. The molecule has 0 aliphatic heterocycles. The molecule has 0 spiro atoms. The molecule has 0 aliphatic rings. The van der Waals surface area contributed by atoms with Crippen LogP contribution in [0.5, 0.6) is 23.0 Å². The number of carbonyl (C=O) groups excluding carboxylic acids is 1. The van der Waals surface area contributed by atoms with Crippen LogP contribution in [0.1, 0.15) is 21.5 Å². The van der Waals surface area contributed by atoms with Crippen molar-refractivity contribution in [1.29, 1.82) is 0 Å². The molecule has 26 heavy (non-hydrogen) atoms. The maximum atomic E-state index is 12.7. The molecule has 140 valence electrons. The van der Waals surface area contributed by atoms with E-state index < -0.39 is 0 Å². The zero-order chi connectivity index (χ0) is 19.3. The predicted octanol–water partition coefficient (Wildman–Crippen LogP) is 3.30. The molecule has 0 bridgehead atoms. The van der Waals surface area contributed by atoms with Gasteiger partial charge in [0.1, 0.15) is 5.75 Å². The Bertz CT molecular complexity index is 763. The van der Waals surface area contributed by atoms with E-state index in [1.54, 1.807) is 52.5 Å². The highest BCUT2D eigenvalue weighted by Gasteiger charge is 2.17. The minimum Gasteiger partial charge on any atom is -0.496 e. The van der Waals surface area contributed by atoms with E-state index in [4.69, 9.17) is 18.9 Å². The van der Waals surface area contributed by atoms with Crippen molar-refractivity contribution in [3.63, 3.8) is 0 Å². The van der Waals surface area contributed by atoms with Gasteiger partial charge in [-0.2, -0.15) is 0 Å². The molecule has 0 aromatic heterocycles. The number of nitrogens with zero attached hydrogens (tertiary/aromatic N) is 1. The fourth-order valence-corrected chi connectivity index (χ4v) is 2.80. The summed E-state index contributed by atoms with van der Waals surface area (Å²) in [6.07, 6.45) is 0. The van der Waals surface area contributed by atoms with Gasteiger partial charge in [0, 0.05) is 19.2 Å². The second-order valence-electron chi connectivity index (χ2n) is 5.88. The Kier molecular flexibility index (Phi) is 6.33. The van der Waals surface area contributed by atoms with Gasteiger partial charge >= 0.3 is 0 Å². The van der Waals surface area contributed by atoms with Gasteiger partial charge in [0.05, 0.1) is 28.4 Å². The highest BCUT2D eigenvalue weighted by atomic mass is 16.5. The van der Waals surface area contributed by atoms with Crippen LogP contribution < -0.4 is 18.9 Å². The average molecular weight is 359 g/mol. The summed E-state index contributed by atoms with van der Waals surface area (Å²) in [5, 5.41) is 0. The van der Waals surface area contributed by atoms with E-state index in [0.29, 0.717) is 29.4 Å². The van der Waals surface area contributed by atoms with Crippen LogP contribution in [-0.4, -0.2) is 46.3 Å². The van der Waals surface area contributed by atoms with Gasteiger partial charge in [-0.1, -0.05) is 0 Å². The molecule has 2 aromatic rings. The van der Waals surface area contributed by atoms with Crippen molar-refractivity contribution in [1.82, 2.24) is 4.90 Å². The standard InChI is InChI=1S/C20H25NO5/c1-13-9-15(7-8-16(13)23-3)20(22)21(2)12-14-10-17(24-4)19(26-6)18(11-14)25-5/h7-11H,12H2,1-6H3. The third-order valence-corrected chi connectivity index (χ3v) is 4.13. The quantitative estimate of drug-likeness (QED) is 0.759. The van der Waals surface area contributed by atoms with Gasteiger partial charge < -0.3 is 23.8 Å². The molecule has 0 fully saturated rings. The molecule has 0 atom stereocenters. The van der Waals surface area contributed by atoms with Crippen molar-refractivity contribution < 1.29 is 23.7 Å². The third kappa shape index (κ3) is 4.02. The summed E-state index contributed by atoms with van der Waals surface area (Å²) in [7, 11) is 8.05. The van der Waals surface area contributed by atoms with Crippen LogP contribution in [-0.2, 0) is 6.54 Å². The highest BCUT2D eigenvalue weighted by Crippen LogP contribution is 2.38. The van der Waals surface area contributed by atoms with Crippen LogP contribution in [0.15, 0.2) is 30.3 Å². The van der Waals surface area contributed by atoms with Crippen LogP contribution in [0.4, 0.5) is 0 Å². The number of benzene rings is 2. The topological polar surface area (TPSA) is 57.2 Å². The monoisotopic (exact) mass is 359 g/mol. The fourth-order valence-electron chi connectivity index (χ4n) is 2.80. The van der Waals surface area contributed by atoms with Gasteiger partial charge in [-0.05, 0) is 48.4 Å². The Labute approximate surface area is 154 Å². The molecule has 6 nitrogen and oxygen atoms in total. The van der Waals surface area contributed by atoms with Crippen molar-refractivity contribution in [2.45, 2.75) is 13.5 Å². The Morgan fingerprint density at radius 1 is 0.885 bits per heavy atom. The maximum absolute atomic E-state index is 12.7. The molecule has 2 rings (SSSR count). The number of carbonyl (C=O) groups is 1. The lowest BCUT2D eigenvalue weighted by Crippen LogP contribution is -2.26. The van der Waals surface area contributed by atoms with E-state index in [-0.39, 0.29) is 5.91 Å². The van der Waals surface area contributed by atoms with Crippen LogP contribution in [0, 0.1) is 6.92 Å². The number of rotatable bonds is 7. The van der Waals surface area contributed by atoms with E-state index >= 15 is 0 Å². The Morgan fingerprint density at radius 3 is 1.92 bits per heavy atom. The van der Waals surface area contributed by atoms with Gasteiger partial charge in [0.25, 0.3) is 5.91 Å². The van der Waals surface area contributed by atoms with Gasteiger partial charge in [0.2, 0.25) is 5.75 Å². The minimum absolute atomic E-state index is 0.0792. The van der Waals surface area contributed by atoms with Gasteiger partial charge in [-0.15, -0.1) is 0 Å². The third-order valence-electron chi connectivity index (χ3n) is 4.13. The summed E-state index contributed by atoms with van der Waals surface area (Å²) in [5.74, 6) is 2.32. The van der Waals surface area contributed by atoms with Crippen molar-refractivity contribution in [3.8, 4) is 23.0 Å². The number of methoxy groups -OCH3 is 4. The fraction of sp³-hybridized carbons (Fsp3) is 0.350. The molecule has 0 heterocycles. The lowest BCUT2D eigenvalue weighted by atomic mass is 10.1. The Morgan fingerprint density at radius 2 is 1.46 bits per heavy atom. The summed E-state index contributed by atoms with van der Waals surface area (Å²) in [4.78, 5) is 14.4. The van der Waals surface area contributed by atoms with E-state index in [2.05, 4.69) is 0 Å². The van der Waals surface area contributed by atoms with Crippen LogP contribution in [0.2, 0.25) is 0 Å². The molecular formula is C20H25NO5. The number of amides is 1. The first-order chi connectivity index (χ1) is 12.4. The molecule has 0 radical (unpaired) electrons. The number of hydrogen-bond acceptors (Lipinski definition) is 5. The highest BCUT2D eigenvalue weighted by molar-refractivity contribution is 5.94. The zero-order valence-corrected chi connectivity index (χ0v) is 16.1. The molecule has 6 heteroatoms. The van der Waals surface area contributed by atoms with E-state index in [9.17, 15) is 4.79 Å². The summed E-state index contributed by atoms with van der Waals surface area (Å²) < 4.78 is 21.3. The SMILES string of the molecule is COc1ccc(C(=O)N(C)Cc2cc(OC)c(OC)c(OC)c2)cc1C. The first-order valence-corrected chi connectivity index (χ1v) is 8.14. The average Bonchev–Trinajstić information content (AvgIpc) is 2.66. The first kappa shape index (κ1) is 19.4. The zero-order valence-electron chi connectivity index (χ0n) is 16.1. The number of hydrogen-bond donors (Lipinski definition) is 0. The Hall–Kier alpha value is -2.89. The molecule has 0 saturated carbocycles. The molecule has 0 saturated heterocycles. The van der Waals surface area contributed by atoms with Crippen molar-refractivity contribution in [2.24, 2.45) is 0 Å². The van der Waals surface area contributed by atoms with Crippen LogP contribution >= 0.6 is 0 Å². The summed E-state index contributed by atoms with van der Waals surface area (Å²) >= 11 is 0. The van der Waals surface area contributed by atoms with E-state index in [1.165, 1.54) is 0 Å². The van der Waals surface area contributed by atoms with Crippen molar-refractivity contribution in [2.75, 3.05) is 35.5 Å². The second kappa shape index (κ2) is 8.47. The van der Waals surface area contributed by atoms with Crippen LogP contribution in [0.25, 0.3) is 0 Å². The smallest absolute Gasteiger partial charge is 0.253 e. The molecule has 0 N–H and O–H groups in total. The lowest BCUT2D eigenvalue weighted by molar-refractivity contribution is 0.0784. The maximum Gasteiger partial charge on any atom is 0.253 e. The molecule has 1 amide bonds. The lowest BCUT2D eigenvalue weighted by Gasteiger charge is -2.20. The number of ether oxygens (including phenoxy) is 4. The minimum atomic E-state index is -0.0792. The second-order valence-corrected chi connectivity index (χ2v) is 5.88. The van der Waals surface area contributed by atoms with E-state index in [0.717, 1.165) is 16.9 Å². The predicted molar refractivity (Wildman–Crippen MR) is 99.6 cm³/mol. The van der Waals surface area contributed by atoms with Gasteiger partial charge in [-0.3, -0.25) is 4.79 Å². The van der Waals surface area contributed by atoms with Gasteiger partial charge in [0.15, 0.2) is 11.5 Å². The molecule has 2 aromatic carbocycles. The molecule has 0 unspecified atom stereocenters. The van der Waals surface area contributed by atoms with Gasteiger partial charge in [-0.25, -0.2) is 0 Å². The summed E-state index contributed by atoms with van der Waals surface area (Å²) in [6.45, 7) is 2.31. The number of aryl methyl sites for hydroxylation is 1. The van der Waals surface area contributed by atoms with Crippen molar-refractivity contribution >= 4 is 5.91 Å².